The van der Waals surface area contributed by atoms with Crippen LogP contribution < -0.4 is 5.56 Å². The van der Waals surface area contributed by atoms with E-state index in [2.05, 4.69) is 23.7 Å². The molecular weight excluding hydrogens is 372 g/mol. The molecule has 8 heteroatoms. The Kier molecular flexibility index (Phi) is 5.67. The van der Waals surface area contributed by atoms with Gasteiger partial charge in [-0.2, -0.15) is 0 Å². The largest absolute Gasteiger partial charge is 0.396 e. The first-order chi connectivity index (χ1) is 14.0. The molecule has 8 nitrogen and oxygen atoms in total. The maximum Gasteiger partial charge on any atom is 0.270 e. The lowest BCUT2D eigenvalue weighted by Crippen LogP contribution is -2.48. The Morgan fingerprint density at radius 3 is 2.62 bits per heavy atom. The van der Waals surface area contributed by atoms with Crippen LogP contribution >= 0.6 is 0 Å². The summed E-state index contributed by atoms with van der Waals surface area (Å²) in [5.41, 5.74) is 0.220. The van der Waals surface area contributed by atoms with Crippen molar-refractivity contribution in [1.82, 2.24) is 19.2 Å². The topological polar surface area (TPSA) is 87.4 Å². The van der Waals surface area contributed by atoms with E-state index in [1.54, 1.807) is 29.3 Å². The number of hydrogen-bond donors (Lipinski definition) is 1. The molecule has 0 aromatic carbocycles. The fraction of sp³-hybridized carbons (Fsp3) is 0.571. The molecule has 0 spiro atoms. The molecule has 2 aliphatic rings. The lowest BCUT2D eigenvalue weighted by molar-refractivity contribution is -0.0726. The maximum absolute atomic E-state index is 13.1. The highest BCUT2D eigenvalue weighted by atomic mass is 16.5. The van der Waals surface area contributed by atoms with E-state index in [9.17, 15) is 14.7 Å². The van der Waals surface area contributed by atoms with Crippen molar-refractivity contribution >= 4 is 11.6 Å². The molecule has 4 heterocycles. The van der Waals surface area contributed by atoms with Crippen molar-refractivity contribution < 1.29 is 14.6 Å². The maximum atomic E-state index is 13.1. The van der Waals surface area contributed by atoms with Crippen LogP contribution in [0.25, 0.3) is 5.65 Å². The van der Waals surface area contributed by atoms with Crippen LogP contribution in [0, 0.1) is 11.8 Å². The minimum atomic E-state index is -0.361. The zero-order chi connectivity index (χ0) is 20.5. The van der Waals surface area contributed by atoms with Gasteiger partial charge in [0.1, 0.15) is 11.2 Å². The van der Waals surface area contributed by atoms with Crippen LogP contribution in [-0.2, 0) is 4.74 Å². The van der Waals surface area contributed by atoms with E-state index in [0.29, 0.717) is 18.7 Å². The third kappa shape index (κ3) is 4.05. The van der Waals surface area contributed by atoms with Crippen molar-refractivity contribution in [3.63, 3.8) is 0 Å². The number of likely N-dealkylation sites (tertiary alicyclic amines) is 1. The first-order valence-electron chi connectivity index (χ1n) is 10.2. The molecule has 0 bridgehead atoms. The number of amides is 1. The molecule has 29 heavy (non-hydrogen) atoms. The van der Waals surface area contributed by atoms with E-state index in [-0.39, 0.29) is 47.7 Å². The SMILES string of the molecule is C[C@@H]1CN(C[C@H]2CN(C(=O)c3cnc4ccccn4c3=O)C[C@H]2CO)C[C@H](C)O1. The van der Waals surface area contributed by atoms with Crippen molar-refractivity contribution in [2.75, 3.05) is 39.3 Å². The summed E-state index contributed by atoms with van der Waals surface area (Å²) >= 11 is 0. The molecule has 0 saturated carbocycles. The summed E-state index contributed by atoms with van der Waals surface area (Å²) in [5, 5.41) is 9.88. The van der Waals surface area contributed by atoms with Crippen molar-refractivity contribution in [3.05, 3.63) is 46.5 Å². The first kappa shape index (κ1) is 20.0. The van der Waals surface area contributed by atoms with Crippen molar-refractivity contribution in [2.45, 2.75) is 26.1 Å². The van der Waals surface area contributed by atoms with Crippen LogP contribution in [0.5, 0.6) is 0 Å². The number of aromatic nitrogens is 2. The molecule has 4 rings (SSSR count). The van der Waals surface area contributed by atoms with E-state index in [0.717, 1.165) is 19.6 Å². The van der Waals surface area contributed by atoms with Gasteiger partial charge >= 0.3 is 0 Å². The smallest absolute Gasteiger partial charge is 0.270 e. The Labute approximate surface area is 169 Å². The van der Waals surface area contributed by atoms with Gasteiger partial charge in [0.05, 0.1) is 12.2 Å². The second-order valence-corrected chi connectivity index (χ2v) is 8.29. The van der Waals surface area contributed by atoms with E-state index in [1.165, 1.54) is 10.6 Å². The minimum Gasteiger partial charge on any atom is -0.396 e. The number of aliphatic hydroxyl groups excluding tert-OH is 1. The number of nitrogens with zero attached hydrogens (tertiary/aromatic N) is 4. The molecule has 1 N–H and O–H groups in total. The predicted octanol–water partition coefficient (Wildman–Crippen LogP) is 0.484. The highest BCUT2D eigenvalue weighted by Gasteiger charge is 2.37. The summed E-state index contributed by atoms with van der Waals surface area (Å²) in [6.45, 7) is 7.65. The third-order valence-electron chi connectivity index (χ3n) is 5.93. The lowest BCUT2D eigenvalue weighted by Gasteiger charge is -2.37. The molecule has 2 fully saturated rings. The monoisotopic (exact) mass is 400 g/mol. The van der Waals surface area contributed by atoms with Crippen LogP contribution in [0.3, 0.4) is 0 Å². The average Bonchev–Trinajstić information content (AvgIpc) is 3.10. The number of hydrogen-bond acceptors (Lipinski definition) is 6. The van der Waals surface area contributed by atoms with Crippen LogP contribution in [-0.4, -0.2) is 81.7 Å². The zero-order valence-corrected chi connectivity index (χ0v) is 16.9. The number of morpholine rings is 1. The number of fused-ring (bicyclic) bond motifs is 1. The fourth-order valence-corrected chi connectivity index (χ4v) is 4.63. The van der Waals surface area contributed by atoms with Crippen molar-refractivity contribution in [1.29, 1.82) is 0 Å². The Morgan fingerprint density at radius 1 is 1.17 bits per heavy atom. The first-order valence-corrected chi connectivity index (χ1v) is 10.2. The summed E-state index contributed by atoms with van der Waals surface area (Å²) in [5.74, 6) is -0.147. The number of aliphatic hydroxyl groups is 1. The predicted molar refractivity (Wildman–Crippen MR) is 108 cm³/mol. The third-order valence-corrected chi connectivity index (χ3v) is 5.93. The van der Waals surface area contributed by atoms with Gasteiger partial charge in [-0.1, -0.05) is 6.07 Å². The van der Waals surface area contributed by atoms with Gasteiger partial charge in [0.2, 0.25) is 0 Å². The van der Waals surface area contributed by atoms with Gasteiger partial charge in [0.25, 0.3) is 11.5 Å². The van der Waals surface area contributed by atoms with Crippen LogP contribution in [0.4, 0.5) is 0 Å². The Bertz CT molecular complexity index is 936. The number of ether oxygens (including phenoxy) is 1. The molecule has 2 aromatic heterocycles. The second-order valence-electron chi connectivity index (χ2n) is 8.29. The summed E-state index contributed by atoms with van der Waals surface area (Å²) in [4.78, 5) is 34.1. The molecule has 1 amide bonds. The summed E-state index contributed by atoms with van der Waals surface area (Å²) < 4.78 is 7.19. The van der Waals surface area contributed by atoms with Crippen molar-refractivity contribution in [2.24, 2.45) is 11.8 Å². The van der Waals surface area contributed by atoms with Gasteiger partial charge in [0.15, 0.2) is 0 Å². The molecule has 156 valence electrons. The minimum absolute atomic E-state index is 0.00331. The van der Waals surface area contributed by atoms with Gasteiger partial charge in [-0.3, -0.25) is 18.9 Å². The molecule has 4 atom stereocenters. The van der Waals surface area contributed by atoms with Gasteiger partial charge in [-0.05, 0) is 31.9 Å². The van der Waals surface area contributed by atoms with Crippen LogP contribution in [0.2, 0.25) is 0 Å². The Hall–Kier alpha value is -2.29. The van der Waals surface area contributed by atoms with Gasteiger partial charge in [-0.15, -0.1) is 0 Å². The quantitative estimate of drug-likeness (QED) is 0.804. The Morgan fingerprint density at radius 2 is 1.90 bits per heavy atom. The van der Waals surface area contributed by atoms with Gasteiger partial charge < -0.3 is 14.7 Å². The molecule has 2 saturated heterocycles. The second kappa shape index (κ2) is 8.22. The number of pyridine rings is 1. The van der Waals surface area contributed by atoms with E-state index in [1.807, 2.05) is 0 Å². The Balaban J connectivity index is 1.50. The molecule has 0 radical (unpaired) electrons. The van der Waals surface area contributed by atoms with Crippen molar-refractivity contribution in [3.8, 4) is 0 Å². The summed E-state index contributed by atoms with van der Waals surface area (Å²) in [6, 6.07) is 5.27. The number of carbonyl (C=O) groups excluding carboxylic acids is 1. The highest BCUT2D eigenvalue weighted by molar-refractivity contribution is 5.94. The zero-order valence-electron chi connectivity index (χ0n) is 16.9. The van der Waals surface area contributed by atoms with Gasteiger partial charge in [0, 0.05) is 57.6 Å². The van der Waals surface area contributed by atoms with E-state index >= 15 is 0 Å². The normalized spacial score (nSPS) is 28.2. The highest BCUT2D eigenvalue weighted by Crippen LogP contribution is 2.26. The van der Waals surface area contributed by atoms with Crippen LogP contribution in [0.1, 0.15) is 24.2 Å². The van der Waals surface area contributed by atoms with Gasteiger partial charge in [-0.25, -0.2) is 4.98 Å². The lowest BCUT2D eigenvalue weighted by atomic mass is 9.96. The summed E-state index contributed by atoms with van der Waals surface area (Å²) in [6.07, 6.45) is 3.33. The molecule has 2 aromatic rings. The molecule has 2 aliphatic heterocycles. The van der Waals surface area contributed by atoms with E-state index in [4.69, 9.17) is 4.74 Å². The summed E-state index contributed by atoms with van der Waals surface area (Å²) in [7, 11) is 0. The standard InChI is InChI=1S/C21H28N4O4/c1-14-8-23(9-15(2)29-14)10-16-11-24(12-17(16)13-26)20(27)18-7-22-19-5-3-4-6-25(19)21(18)28/h3-7,14-17,26H,8-13H2,1-2H3/t14-,15+,16-,17-/m0/s1. The number of carbonyl (C=O) groups is 1. The number of rotatable bonds is 4. The molecule has 0 unspecified atom stereocenters. The molecule has 0 aliphatic carbocycles. The average molecular weight is 400 g/mol. The van der Waals surface area contributed by atoms with E-state index < -0.39 is 0 Å². The fourth-order valence-electron chi connectivity index (χ4n) is 4.63. The molecular formula is C21H28N4O4. The van der Waals surface area contributed by atoms with Crippen LogP contribution in [0.15, 0.2) is 35.4 Å².